The smallest absolute Gasteiger partial charge is 0.153 e. The Kier molecular flexibility index (Phi) is 9.74. The van der Waals surface area contributed by atoms with Crippen molar-refractivity contribution in [3.63, 3.8) is 0 Å². The second kappa shape index (κ2) is 13.9. The van der Waals surface area contributed by atoms with Crippen LogP contribution in [0.5, 0.6) is 0 Å². The van der Waals surface area contributed by atoms with E-state index in [0.29, 0.717) is 30.8 Å². The van der Waals surface area contributed by atoms with Crippen LogP contribution in [0.2, 0.25) is 4.34 Å². The molecule has 4 nitrogen and oxygen atoms in total. The number of rotatable bonds is 11. The average molecular weight is 639 g/mol. The summed E-state index contributed by atoms with van der Waals surface area (Å²) >= 11 is 8.62. The summed E-state index contributed by atoms with van der Waals surface area (Å²) in [6.45, 7) is 8.14. The first-order chi connectivity index (χ1) is 21.9. The van der Waals surface area contributed by atoms with E-state index in [0.717, 1.165) is 37.9 Å². The van der Waals surface area contributed by atoms with Crippen molar-refractivity contribution in [2.24, 2.45) is 5.41 Å². The summed E-state index contributed by atoms with van der Waals surface area (Å²) in [5.74, 6) is 0. The molecular formula is C39H39ClO4S. The van der Waals surface area contributed by atoms with E-state index in [-0.39, 0.29) is 0 Å². The summed E-state index contributed by atoms with van der Waals surface area (Å²) in [4.78, 5) is 0. The van der Waals surface area contributed by atoms with Crippen LogP contribution in [0.3, 0.4) is 0 Å². The standard InChI is InChI=1S/C39H39ClO4S/c1-38(2,3)39(44-25-30-19-11-6-12-20-30)34(27-41-23-28-15-7-4-8-16-28)42-26-32(36(39)43-24-29-17-9-5-10-18-29)35-31-21-13-14-22-33(31)45-37(35)40/h4-22,26,34,36H,23-25,27H2,1-3H3/t34-,36-,39-/m1/s1. The van der Waals surface area contributed by atoms with Gasteiger partial charge in [-0.05, 0) is 28.2 Å². The van der Waals surface area contributed by atoms with E-state index < -0.39 is 23.2 Å². The molecule has 1 aliphatic rings. The fourth-order valence-electron chi connectivity index (χ4n) is 6.22. The van der Waals surface area contributed by atoms with Gasteiger partial charge in [0.25, 0.3) is 0 Å². The Hall–Kier alpha value is -3.45. The van der Waals surface area contributed by atoms with Crippen LogP contribution < -0.4 is 0 Å². The first-order valence-corrected chi connectivity index (χ1v) is 16.5. The Balaban J connectivity index is 1.46. The molecule has 3 atom stereocenters. The lowest BCUT2D eigenvalue weighted by molar-refractivity contribution is -0.254. The highest BCUT2D eigenvalue weighted by Crippen LogP contribution is 2.52. The number of benzene rings is 4. The van der Waals surface area contributed by atoms with Crippen LogP contribution in [-0.4, -0.2) is 24.4 Å². The molecule has 0 spiro atoms. The molecular weight excluding hydrogens is 600 g/mol. The Morgan fingerprint density at radius 1 is 0.733 bits per heavy atom. The molecule has 45 heavy (non-hydrogen) atoms. The van der Waals surface area contributed by atoms with Crippen molar-refractivity contribution in [3.05, 3.63) is 148 Å². The fraction of sp³-hybridized carbons (Fsp3) is 0.282. The van der Waals surface area contributed by atoms with E-state index in [1.54, 1.807) is 11.3 Å². The van der Waals surface area contributed by atoms with Crippen LogP contribution in [0.25, 0.3) is 15.7 Å². The zero-order valence-corrected chi connectivity index (χ0v) is 27.5. The minimum Gasteiger partial charge on any atom is -0.492 e. The van der Waals surface area contributed by atoms with E-state index in [9.17, 15) is 0 Å². The fourth-order valence-corrected chi connectivity index (χ4v) is 7.63. The van der Waals surface area contributed by atoms with Crippen LogP contribution in [-0.2, 0) is 38.8 Å². The van der Waals surface area contributed by atoms with Gasteiger partial charge in [0.2, 0.25) is 0 Å². The van der Waals surface area contributed by atoms with E-state index in [1.165, 1.54) is 0 Å². The average Bonchev–Trinajstić information content (AvgIpc) is 3.39. The third-order valence-electron chi connectivity index (χ3n) is 8.48. The predicted molar refractivity (Wildman–Crippen MR) is 184 cm³/mol. The zero-order valence-electron chi connectivity index (χ0n) is 25.9. The van der Waals surface area contributed by atoms with Gasteiger partial charge in [0.1, 0.15) is 16.0 Å². The molecule has 232 valence electrons. The normalized spacial score (nSPS) is 20.1. The third kappa shape index (κ3) is 6.74. The molecule has 1 aliphatic heterocycles. The lowest BCUT2D eigenvalue weighted by Crippen LogP contribution is -2.66. The van der Waals surface area contributed by atoms with Crippen LogP contribution in [0.15, 0.2) is 122 Å². The Morgan fingerprint density at radius 2 is 1.29 bits per heavy atom. The van der Waals surface area contributed by atoms with Crippen molar-refractivity contribution in [1.82, 2.24) is 0 Å². The number of thiophene rings is 1. The molecule has 1 aromatic heterocycles. The van der Waals surface area contributed by atoms with Gasteiger partial charge in [-0.2, -0.15) is 0 Å². The number of hydrogen-bond acceptors (Lipinski definition) is 5. The first-order valence-electron chi connectivity index (χ1n) is 15.3. The summed E-state index contributed by atoms with van der Waals surface area (Å²) in [5, 5.41) is 1.07. The number of halogens is 1. The van der Waals surface area contributed by atoms with Gasteiger partial charge in [0.05, 0.1) is 32.7 Å². The summed E-state index contributed by atoms with van der Waals surface area (Å²) < 4.78 is 29.2. The quantitative estimate of drug-likeness (QED) is 0.144. The van der Waals surface area contributed by atoms with Gasteiger partial charge in [0.15, 0.2) is 6.10 Å². The summed E-state index contributed by atoms with van der Waals surface area (Å²) in [6, 6.07) is 39.0. The minimum atomic E-state index is -0.967. The first kappa shape index (κ1) is 31.5. The maximum absolute atomic E-state index is 7.21. The van der Waals surface area contributed by atoms with Gasteiger partial charge in [-0.25, -0.2) is 0 Å². The van der Waals surface area contributed by atoms with Gasteiger partial charge in [-0.3, -0.25) is 0 Å². The van der Waals surface area contributed by atoms with E-state index in [2.05, 4.69) is 69.3 Å². The predicted octanol–water partition coefficient (Wildman–Crippen LogP) is 10.1. The maximum Gasteiger partial charge on any atom is 0.153 e. The minimum absolute atomic E-state index is 0.314. The van der Waals surface area contributed by atoms with E-state index in [4.69, 9.17) is 30.5 Å². The molecule has 0 amide bonds. The number of fused-ring (bicyclic) bond motifs is 1. The van der Waals surface area contributed by atoms with Gasteiger partial charge < -0.3 is 18.9 Å². The molecule has 6 rings (SSSR count). The Bertz CT molecular complexity index is 1710. The Morgan fingerprint density at radius 3 is 1.91 bits per heavy atom. The van der Waals surface area contributed by atoms with Crippen LogP contribution >= 0.6 is 22.9 Å². The summed E-state index contributed by atoms with van der Waals surface area (Å²) in [5.41, 5.74) is 3.62. The van der Waals surface area contributed by atoms with Crippen LogP contribution in [0.1, 0.15) is 43.0 Å². The molecule has 0 bridgehead atoms. The van der Waals surface area contributed by atoms with Crippen molar-refractivity contribution in [2.75, 3.05) is 6.61 Å². The highest BCUT2D eigenvalue weighted by molar-refractivity contribution is 7.23. The molecule has 0 saturated carbocycles. The molecule has 4 aromatic carbocycles. The van der Waals surface area contributed by atoms with Crippen molar-refractivity contribution >= 4 is 38.6 Å². The van der Waals surface area contributed by atoms with Gasteiger partial charge in [-0.15, -0.1) is 11.3 Å². The molecule has 0 N–H and O–H groups in total. The highest BCUT2D eigenvalue weighted by atomic mass is 35.5. The van der Waals surface area contributed by atoms with Crippen molar-refractivity contribution < 1.29 is 18.9 Å². The lowest BCUT2D eigenvalue weighted by Gasteiger charge is -2.54. The third-order valence-corrected chi connectivity index (χ3v) is 9.86. The number of ether oxygens (including phenoxy) is 4. The molecule has 6 heteroatoms. The molecule has 0 aliphatic carbocycles. The van der Waals surface area contributed by atoms with Crippen molar-refractivity contribution in [2.45, 2.75) is 58.4 Å². The molecule has 0 radical (unpaired) electrons. The summed E-state index contributed by atoms with van der Waals surface area (Å²) in [6.07, 6.45) is 0.830. The van der Waals surface area contributed by atoms with Crippen LogP contribution in [0, 0.1) is 5.41 Å². The van der Waals surface area contributed by atoms with Gasteiger partial charge in [0, 0.05) is 21.2 Å². The topological polar surface area (TPSA) is 36.9 Å². The van der Waals surface area contributed by atoms with Crippen molar-refractivity contribution in [3.8, 4) is 0 Å². The van der Waals surface area contributed by atoms with Gasteiger partial charge >= 0.3 is 0 Å². The van der Waals surface area contributed by atoms with Gasteiger partial charge in [-0.1, -0.05) is 142 Å². The largest absolute Gasteiger partial charge is 0.492 e. The highest BCUT2D eigenvalue weighted by Gasteiger charge is 2.60. The lowest BCUT2D eigenvalue weighted by atomic mass is 9.66. The second-order valence-corrected chi connectivity index (χ2v) is 14.1. The maximum atomic E-state index is 7.21. The van der Waals surface area contributed by atoms with E-state index >= 15 is 0 Å². The molecule has 2 heterocycles. The monoisotopic (exact) mass is 638 g/mol. The molecule has 0 saturated heterocycles. The second-order valence-electron chi connectivity index (χ2n) is 12.4. The van der Waals surface area contributed by atoms with Crippen LogP contribution in [0.4, 0.5) is 0 Å². The molecule has 0 unspecified atom stereocenters. The molecule has 5 aromatic rings. The number of hydrogen-bond donors (Lipinski definition) is 0. The van der Waals surface area contributed by atoms with Crippen molar-refractivity contribution in [1.29, 1.82) is 0 Å². The van der Waals surface area contributed by atoms with E-state index in [1.807, 2.05) is 73.0 Å². The molecule has 0 fully saturated rings. The summed E-state index contributed by atoms with van der Waals surface area (Å²) in [7, 11) is 0. The SMILES string of the molecule is CC(C)(C)[C@]1(OCc2ccccc2)[C@H](OCc2ccccc2)C(c2c(Cl)sc3ccccc23)=CO[C@@H]1COCc1ccccc1. The Labute approximate surface area is 275 Å². The zero-order chi connectivity index (χ0) is 31.3.